The molecule has 0 aliphatic rings. The van der Waals surface area contributed by atoms with Gasteiger partial charge in [-0.05, 0) is 30.5 Å². The van der Waals surface area contributed by atoms with E-state index in [-0.39, 0.29) is 24.0 Å². The molecule has 0 radical (unpaired) electrons. The second kappa shape index (κ2) is 6.41. The van der Waals surface area contributed by atoms with E-state index in [1.807, 2.05) is 0 Å². The third kappa shape index (κ3) is 3.98. The summed E-state index contributed by atoms with van der Waals surface area (Å²) in [7, 11) is 0. The van der Waals surface area contributed by atoms with Crippen molar-refractivity contribution >= 4 is 11.9 Å². The first-order chi connectivity index (χ1) is 9.25. The van der Waals surface area contributed by atoms with Gasteiger partial charge < -0.3 is 15.5 Å². The van der Waals surface area contributed by atoms with Gasteiger partial charge in [0, 0.05) is 13.0 Å². The first-order valence-corrected chi connectivity index (χ1v) is 6.53. The van der Waals surface area contributed by atoms with Gasteiger partial charge in [-0.3, -0.25) is 9.59 Å². The highest BCUT2D eigenvalue weighted by molar-refractivity contribution is 5.84. The highest BCUT2D eigenvalue weighted by Gasteiger charge is 2.38. The maximum Gasteiger partial charge on any atom is 0.310 e. The lowest BCUT2D eigenvalue weighted by atomic mass is 9.76. The number of benzene rings is 1. The normalized spacial score (nSPS) is 13.8. The number of amides is 1. The van der Waals surface area contributed by atoms with Crippen LogP contribution in [0.15, 0.2) is 24.3 Å². The molecule has 0 heterocycles. The minimum absolute atomic E-state index is 0.0575. The number of phenols is 1. The second-order valence-electron chi connectivity index (χ2n) is 5.50. The molecule has 0 aliphatic heterocycles. The number of rotatable bonds is 6. The van der Waals surface area contributed by atoms with Gasteiger partial charge in [0.05, 0.1) is 5.41 Å². The summed E-state index contributed by atoms with van der Waals surface area (Å²) in [4.78, 5) is 23.2. The molecule has 20 heavy (non-hydrogen) atoms. The number of phenolic OH excluding ortho intramolecular Hbond substituents is 1. The summed E-state index contributed by atoms with van der Waals surface area (Å²) in [6.45, 7) is 5.48. The van der Waals surface area contributed by atoms with Gasteiger partial charge in [0.25, 0.3) is 0 Å². The van der Waals surface area contributed by atoms with Crippen LogP contribution in [-0.2, 0) is 16.1 Å². The Labute approximate surface area is 118 Å². The van der Waals surface area contributed by atoms with Crippen LogP contribution >= 0.6 is 0 Å². The average Bonchev–Trinajstić information content (AvgIpc) is 2.37. The minimum atomic E-state index is -1.07. The van der Waals surface area contributed by atoms with Crippen molar-refractivity contribution in [3.05, 3.63) is 29.8 Å². The largest absolute Gasteiger partial charge is 0.508 e. The van der Waals surface area contributed by atoms with E-state index in [1.54, 1.807) is 32.9 Å². The topological polar surface area (TPSA) is 86.6 Å². The average molecular weight is 279 g/mol. The molecule has 5 heteroatoms. The van der Waals surface area contributed by atoms with E-state index in [1.165, 1.54) is 12.1 Å². The van der Waals surface area contributed by atoms with Crippen LogP contribution in [0, 0.1) is 11.3 Å². The van der Waals surface area contributed by atoms with Crippen molar-refractivity contribution in [3.63, 3.8) is 0 Å². The Hall–Kier alpha value is -2.04. The zero-order valence-electron chi connectivity index (χ0n) is 12.0. The summed E-state index contributed by atoms with van der Waals surface area (Å²) < 4.78 is 0. The van der Waals surface area contributed by atoms with Gasteiger partial charge in [-0.1, -0.05) is 26.0 Å². The number of aromatic hydroxyl groups is 1. The van der Waals surface area contributed by atoms with Crippen molar-refractivity contribution in [3.8, 4) is 5.75 Å². The van der Waals surface area contributed by atoms with Crippen LogP contribution in [0.4, 0.5) is 0 Å². The molecule has 3 N–H and O–H groups in total. The van der Waals surface area contributed by atoms with E-state index in [0.717, 1.165) is 5.56 Å². The molecule has 110 valence electrons. The summed E-state index contributed by atoms with van der Waals surface area (Å²) >= 11 is 0. The van der Waals surface area contributed by atoms with Crippen LogP contribution in [-0.4, -0.2) is 22.1 Å². The van der Waals surface area contributed by atoms with E-state index < -0.39 is 11.4 Å². The van der Waals surface area contributed by atoms with Crippen LogP contribution in [0.2, 0.25) is 0 Å². The Morgan fingerprint density at radius 1 is 1.25 bits per heavy atom. The monoisotopic (exact) mass is 279 g/mol. The lowest BCUT2D eigenvalue weighted by molar-refractivity contribution is -0.153. The van der Waals surface area contributed by atoms with Crippen molar-refractivity contribution in [2.24, 2.45) is 11.3 Å². The standard InChI is InChI=1S/C15H21NO4/c1-10(2)15(3,14(19)20)8-13(18)16-9-11-4-6-12(17)7-5-11/h4-7,10,17H,8-9H2,1-3H3,(H,16,18)(H,19,20). The van der Waals surface area contributed by atoms with Gasteiger partial charge in [-0.25, -0.2) is 0 Å². The van der Waals surface area contributed by atoms with Gasteiger partial charge in [0.1, 0.15) is 5.75 Å². The summed E-state index contributed by atoms with van der Waals surface area (Å²) in [6.07, 6.45) is -0.0575. The first-order valence-electron chi connectivity index (χ1n) is 6.53. The maximum atomic E-state index is 11.9. The fourth-order valence-corrected chi connectivity index (χ4v) is 1.74. The smallest absolute Gasteiger partial charge is 0.310 e. The van der Waals surface area contributed by atoms with E-state index >= 15 is 0 Å². The molecule has 1 aromatic rings. The number of hydrogen-bond acceptors (Lipinski definition) is 3. The van der Waals surface area contributed by atoms with Gasteiger partial charge in [0.2, 0.25) is 5.91 Å². The molecular weight excluding hydrogens is 258 g/mol. The molecule has 0 saturated heterocycles. The predicted molar refractivity (Wildman–Crippen MR) is 75.2 cm³/mol. The molecule has 1 rings (SSSR count). The fraction of sp³-hybridized carbons (Fsp3) is 0.467. The molecule has 0 aliphatic carbocycles. The van der Waals surface area contributed by atoms with E-state index in [0.29, 0.717) is 6.54 Å². The summed E-state index contributed by atoms with van der Waals surface area (Å²) in [5.74, 6) is -1.23. The quantitative estimate of drug-likeness (QED) is 0.744. The van der Waals surface area contributed by atoms with Crippen molar-refractivity contribution in [2.75, 3.05) is 0 Å². The molecule has 0 spiro atoms. The number of carboxylic acids is 1. The lowest BCUT2D eigenvalue weighted by Crippen LogP contribution is -2.39. The third-order valence-corrected chi connectivity index (χ3v) is 3.72. The summed E-state index contributed by atoms with van der Waals surface area (Å²) in [5.41, 5.74) is -0.225. The van der Waals surface area contributed by atoms with E-state index in [9.17, 15) is 14.7 Å². The number of aliphatic carboxylic acids is 1. The highest BCUT2D eigenvalue weighted by Crippen LogP contribution is 2.31. The molecule has 1 aromatic carbocycles. The number of carbonyl (C=O) groups is 2. The van der Waals surface area contributed by atoms with Gasteiger partial charge in [-0.15, -0.1) is 0 Å². The Balaban J connectivity index is 2.59. The Morgan fingerprint density at radius 2 is 1.80 bits per heavy atom. The highest BCUT2D eigenvalue weighted by atomic mass is 16.4. The zero-order valence-corrected chi connectivity index (χ0v) is 12.0. The molecule has 0 fully saturated rings. The Kier molecular flexibility index (Phi) is 5.13. The SMILES string of the molecule is CC(C)C(C)(CC(=O)NCc1ccc(O)cc1)C(=O)O. The molecule has 1 unspecified atom stereocenters. The fourth-order valence-electron chi connectivity index (χ4n) is 1.74. The number of hydrogen-bond donors (Lipinski definition) is 3. The number of nitrogens with one attached hydrogen (secondary N) is 1. The molecule has 0 aromatic heterocycles. The molecule has 0 saturated carbocycles. The van der Waals surface area contributed by atoms with Gasteiger partial charge in [-0.2, -0.15) is 0 Å². The Morgan fingerprint density at radius 3 is 2.25 bits per heavy atom. The summed E-state index contributed by atoms with van der Waals surface area (Å²) in [5, 5.41) is 21.1. The molecule has 5 nitrogen and oxygen atoms in total. The zero-order chi connectivity index (χ0) is 15.3. The Bertz CT molecular complexity index is 481. The van der Waals surface area contributed by atoms with Gasteiger partial charge in [0.15, 0.2) is 0 Å². The molecular formula is C15H21NO4. The van der Waals surface area contributed by atoms with Crippen LogP contribution < -0.4 is 5.32 Å². The van der Waals surface area contributed by atoms with E-state index in [2.05, 4.69) is 5.32 Å². The van der Waals surface area contributed by atoms with Gasteiger partial charge >= 0.3 is 5.97 Å². The minimum Gasteiger partial charge on any atom is -0.508 e. The lowest BCUT2D eigenvalue weighted by Gasteiger charge is -2.28. The van der Waals surface area contributed by atoms with Crippen molar-refractivity contribution in [1.82, 2.24) is 5.32 Å². The van der Waals surface area contributed by atoms with Crippen LogP contribution in [0.25, 0.3) is 0 Å². The van der Waals surface area contributed by atoms with Crippen LogP contribution in [0.3, 0.4) is 0 Å². The third-order valence-electron chi connectivity index (χ3n) is 3.72. The van der Waals surface area contributed by atoms with Crippen molar-refractivity contribution in [1.29, 1.82) is 0 Å². The number of carboxylic acid groups (broad SMARTS) is 1. The molecule has 0 bridgehead atoms. The van der Waals surface area contributed by atoms with Crippen molar-refractivity contribution in [2.45, 2.75) is 33.7 Å². The number of carbonyl (C=O) groups excluding carboxylic acids is 1. The van der Waals surface area contributed by atoms with Crippen LogP contribution in [0.5, 0.6) is 5.75 Å². The predicted octanol–water partition coefficient (Wildman–Crippen LogP) is 2.15. The second-order valence-corrected chi connectivity index (χ2v) is 5.50. The maximum absolute atomic E-state index is 11.9. The molecule has 1 amide bonds. The van der Waals surface area contributed by atoms with Crippen LogP contribution in [0.1, 0.15) is 32.8 Å². The molecule has 1 atom stereocenters. The first kappa shape index (κ1) is 16.0. The summed E-state index contributed by atoms with van der Waals surface area (Å²) in [6, 6.07) is 6.48. The van der Waals surface area contributed by atoms with Crippen molar-refractivity contribution < 1.29 is 19.8 Å². The van der Waals surface area contributed by atoms with E-state index in [4.69, 9.17) is 5.11 Å².